The average molecular weight is 470 g/mol. The number of hydrogen-bond donors (Lipinski definition) is 0. The highest BCUT2D eigenvalue weighted by Gasteiger charge is 2.33. The van der Waals surface area contributed by atoms with Crippen molar-refractivity contribution in [1.82, 2.24) is 14.4 Å². The lowest BCUT2D eigenvalue weighted by molar-refractivity contribution is -0.148. The van der Waals surface area contributed by atoms with Crippen LogP contribution in [0.15, 0.2) is 42.6 Å². The molecule has 1 fully saturated rings. The Balaban J connectivity index is 1.82. The molecule has 0 bridgehead atoms. The predicted molar refractivity (Wildman–Crippen MR) is 134 cm³/mol. The third-order valence-corrected chi connectivity index (χ3v) is 6.69. The van der Waals surface area contributed by atoms with E-state index in [2.05, 4.69) is 4.57 Å². The van der Waals surface area contributed by atoms with Crippen LogP contribution in [0.5, 0.6) is 0 Å². The maximum atomic E-state index is 13.7. The summed E-state index contributed by atoms with van der Waals surface area (Å²) in [6, 6.07) is 10.7. The fourth-order valence-corrected chi connectivity index (χ4v) is 4.68. The first-order chi connectivity index (χ1) is 16.1. The van der Waals surface area contributed by atoms with Crippen LogP contribution in [-0.4, -0.2) is 44.8 Å². The van der Waals surface area contributed by atoms with E-state index in [1.165, 1.54) is 18.6 Å². The van der Waals surface area contributed by atoms with E-state index in [4.69, 9.17) is 0 Å². The van der Waals surface area contributed by atoms with Crippen molar-refractivity contribution >= 4 is 11.8 Å². The normalized spacial score (nSPS) is 14.9. The van der Waals surface area contributed by atoms with Crippen molar-refractivity contribution in [2.45, 2.75) is 91.9 Å². The van der Waals surface area contributed by atoms with Gasteiger partial charge in [0.05, 0.1) is 6.54 Å². The molecule has 1 aromatic heterocycles. The number of aromatic nitrogens is 1. The smallest absolute Gasteiger partial charge is 0.242 e. The Hall–Kier alpha value is -2.63. The lowest BCUT2D eigenvalue weighted by Gasteiger charge is -2.38. The molecule has 0 aliphatic heterocycles. The SMILES string of the molecule is CC(C)N(CC(=O)N(Cc1cccn1Cc1ccc(F)cc1)C1CCCCC1)C(=O)C(C)(C)C. The van der Waals surface area contributed by atoms with Crippen molar-refractivity contribution in [3.05, 3.63) is 59.7 Å². The van der Waals surface area contributed by atoms with Gasteiger partial charge in [-0.25, -0.2) is 4.39 Å². The zero-order valence-electron chi connectivity index (χ0n) is 21.4. The van der Waals surface area contributed by atoms with Gasteiger partial charge < -0.3 is 14.4 Å². The van der Waals surface area contributed by atoms with Crippen molar-refractivity contribution in [2.24, 2.45) is 5.41 Å². The Kier molecular flexibility index (Phi) is 8.56. The van der Waals surface area contributed by atoms with E-state index in [-0.39, 0.29) is 36.3 Å². The molecule has 3 rings (SSSR count). The van der Waals surface area contributed by atoms with E-state index in [0.717, 1.165) is 36.9 Å². The van der Waals surface area contributed by atoms with E-state index in [9.17, 15) is 14.0 Å². The van der Waals surface area contributed by atoms with Gasteiger partial charge in [-0.15, -0.1) is 0 Å². The molecule has 0 radical (unpaired) electrons. The number of carbonyl (C=O) groups is 2. The Labute approximate surface area is 203 Å². The zero-order valence-corrected chi connectivity index (χ0v) is 21.4. The average Bonchev–Trinajstić information content (AvgIpc) is 3.23. The summed E-state index contributed by atoms with van der Waals surface area (Å²) in [5.74, 6) is -0.239. The molecule has 1 aliphatic carbocycles. The van der Waals surface area contributed by atoms with Crippen molar-refractivity contribution in [1.29, 1.82) is 0 Å². The van der Waals surface area contributed by atoms with Gasteiger partial charge in [-0.2, -0.15) is 0 Å². The van der Waals surface area contributed by atoms with Crippen molar-refractivity contribution in [3.63, 3.8) is 0 Å². The number of carbonyl (C=O) groups excluding carboxylic acids is 2. The number of nitrogens with zero attached hydrogens (tertiary/aromatic N) is 3. The Bertz CT molecular complexity index is 953. The van der Waals surface area contributed by atoms with E-state index in [1.54, 1.807) is 17.0 Å². The minimum absolute atomic E-state index is 0.000806. The Morgan fingerprint density at radius 3 is 2.29 bits per heavy atom. The van der Waals surface area contributed by atoms with Crippen LogP contribution in [0.25, 0.3) is 0 Å². The van der Waals surface area contributed by atoms with Gasteiger partial charge in [-0.05, 0) is 56.5 Å². The van der Waals surface area contributed by atoms with Gasteiger partial charge >= 0.3 is 0 Å². The van der Waals surface area contributed by atoms with Crippen molar-refractivity contribution in [3.8, 4) is 0 Å². The summed E-state index contributed by atoms with van der Waals surface area (Å²) in [4.78, 5) is 30.5. The summed E-state index contributed by atoms with van der Waals surface area (Å²) < 4.78 is 15.4. The molecule has 6 heteroatoms. The van der Waals surface area contributed by atoms with Crippen LogP contribution in [0.4, 0.5) is 4.39 Å². The number of rotatable bonds is 8. The van der Waals surface area contributed by atoms with Gasteiger partial charge in [-0.3, -0.25) is 9.59 Å². The van der Waals surface area contributed by atoms with Gasteiger partial charge in [0.15, 0.2) is 0 Å². The van der Waals surface area contributed by atoms with Crippen LogP contribution in [0.2, 0.25) is 0 Å². The number of hydrogen-bond acceptors (Lipinski definition) is 2. The van der Waals surface area contributed by atoms with Crippen LogP contribution in [0.3, 0.4) is 0 Å². The Morgan fingerprint density at radius 2 is 1.71 bits per heavy atom. The summed E-state index contributed by atoms with van der Waals surface area (Å²) in [5, 5.41) is 0. The van der Waals surface area contributed by atoms with E-state index in [1.807, 2.05) is 57.8 Å². The second-order valence-electron chi connectivity index (χ2n) is 10.8. The monoisotopic (exact) mass is 469 g/mol. The summed E-state index contributed by atoms with van der Waals surface area (Å²) in [6.07, 6.45) is 7.46. The summed E-state index contributed by atoms with van der Waals surface area (Å²) in [6.45, 7) is 10.9. The topological polar surface area (TPSA) is 45.6 Å². The second kappa shape index (κ2) is 11.2. The van der Waals surface area contributed by atoms with Crippen LogP contribution >= 0.6 is 0 Å². The second-order valence-corrected chi connectivity index (χ2v) is 10.8. The fourth-order valence-electron chi connectivity index (χ4n) is 4.68. The number of benzene rings is 1. The summed E-state index contributed by atoms with van der Waals surface area (Å²) in [5.41, 5.74) is 1.52. The maximum absolute atomic E-state index is 13.7. The quantitative estimate of drug-likeness (QED) is 0.504. The third kappa shape index (κ3) is 6.71. The first-order valence-corrected chi connectivity index (χ1v) is 12.5. The lowest BCUT2D eigenvalue weighted by Crippen LogP contribution is -2.51. The standard InChI is InChI=1S/C28H40FN3O2/c1-21(2)31(27(34)28(3,4)5)20-26(33)32(24-10-7-6-8-11-24)19-25-12-9-17-30(25)18-22-13-15-23(29)16-14-22/h9,12-17,21,24H,6-8,10-11,18-20H2,1-5H3. The Morgan fingerprint density at radius 1 is 1.06 bits per heavy atom. The van der Waals surface area contributed by atoms with Gasteiger partial charge in [0, 0.05) is 35.9 Å². The highest BCUT2D eigenvalue weighted by atomic mass is 19.1. The molecule has 0 saturated heterocycles. The van der Waals surface area contributed by atoms with Crippen LogP contribution in [-0.2, 0) is 22.7 Å². The minimum Gasteiger partial charge on any atom is -0.345 e. The molecule has 1 aromatic carbocycles. The van der Waals surface area contributed by atoms with E-state index < -0.39 is 5.41 Å². The molecule has 34 heavy (non-hydrogen) atoms. The first-order valence-electron chi connectivity index (χ1n) is 12.5. The lowest BCUT2D eigenvalue weighted by atomic mass is 9.93. The van der Waals surface area contributed by atoms with Gasteiger partial charge in [0.2, 0.25) is 11.8 Å². The molecule has 5 nitrogen and oxygen atoms in total. The molecular formula is C28H40FN3O2. The summed E-state index contributed by atoms with van der Waals surface area (Å²) in [7, 11) is 0. The number of halogens is 1. The molecule has 1 heterocycles. The van der Waals surface area contributed by atoms with Crippen LogP contribution < -0.4 is 0 Å². The first kappa shape index (κ1) is 26.0. The van der Waals surface area contributed by atoms with E-state index >= 15 is 0 Å². The van der Waals surface area contributed by atoms with Crippen molar-refractivity contribution in [2.75, 3.05) is 6.54 Å². The largest absolute Gasteiger partial charge is 0.345 e. The maximum Gasteiger partial charge on any atom is 0.242 e. The van der Waals surface area contributed by atoms with Crippen molar-refractivity contribution < 1.29 is 14.0 Å². The highest BCUT2D eigenvalue weighted by molar-refractivity contribution is 5.87. The number of amides is 2. The molecule has 2 aromatic rings. The molecular weight excluding hydrogens is 429 g/mol. The van der Waals surface area contributed by atoms with E-state index in [0.29, 0.717) is 13.1 Å². The van der Waals surface area contributed by atoms with Crippen LogP contribution in [0.1, 0.15) is 78.0 Å². The molecule has 0 N–H and O–H groups in total. The molecule has 0 atom stereocenters. The molecule has 0 spiro atoms. The molecule has 186 valence electrons. The predicted octanol–water partition coefficient (Wildman–Crippen LogP) is 5.62. The molecule has 1 aliphatic rings. The zero-order chi connectivity index (χ0) is 24.9. The third-order valence-electron chi connectivity index (χ3n) is 6.69. The molecule has 0 unspecified atom stereocenters. The minimum atomic E-state index is -0.538. The molecule has 2 amide bonds. The summed E-state index contributed by atoms with van der Waals surface area (Å²) >= 11 is 0. The van der Waals surface area contributed by atoms with Gasteiger partial charge in [0.25, 0.3) is 0 Å². The molecule has 1 saturated carbocycles. The van der Waals surface area contributed by atoms with Gasteiger partial charge in [-0.1, -0.05) is 52.2 Å². The fraction of sp³-hybridized carbons (Fsp3) is 0.571. The highest BCUT2D eigenvalue weighted by Crippen LogP contribution is 2.26. The van der Waals surface area contributed by atoms with Gasteiger partial charge in [0.1, 0.15) is 12.4 Å². The van der Waals surface area contributed by atoms with Crippen LogP contribution in [0, 0.1) is 11.2 Å².